The summed E-state index contributed by atoms with van der Waals surface area (Å²) in [5.41, 5.74) is 11.6. The molecule has 106 valence electrons. The molecule has 0 aliphatic rings. The van der Waals surface area contributed by atoms with Crippen molar-refractivity contribution < 1.29 is 0 Å². The van der Waals surface area contributed by atoms with Crippen molar-refractivity contribution in [2.45, 2.75) is 40.0 Å². The molecule has 1 heterocycles. The lowest BCUT2D eigenvalue weighted by atomic mass is 9.98. The molecule has 20 heavy (non-hydrogen) atoms. The maximum atomic E-state index is 5.76. The highest BCUT2D eigenvalue weighted by molar-refractivity contribution is 5.30. The Hall–Kier alpha value is -1.74. The first kappa shape index (κ1) is 14.7. The fraction of sp³-hybridized carbons (Fsp3) is 0.412. The van der Waals surface area contributed by atoms with Crippen LogP contribution in [0.2, 0.25) is 0 Å². The Bertz CT molecular complexity index is 582. The molecule has 1 aromatic carbocycles. The molecule has 2 rings (SSSR count). The molecule has 0 amide bonds. The van der Waals surface area contributed by atoms with Crippen LogP contribution in [0.25, 0.3) is 0 Å². The number of benzene rings is 1. The normalized spacial score (nSPS) is 12.4. The van der Waals surface area contributed by atoms with Gasteiger partial charge in [-0.25, -0.2) is 9.97 Å². The molecule has 0 spiro atoms. The van der Waals surface area contributed by atoms with Crippen LogP contribution in [0.3, 0.4) is 0 Å². The van der Waals surface area contributed by atoms with Gasteiger partial charge in [0.05, 0.1) is 0 Å². The Labute approximate surface area is 121 Å². The van der Waals surface area contributed by atoms with Crippen molar-refractivity contribution in [2.75, 3.05) is 6.54 Å². The van der Waals surface area contributed by atoms with Crippen molar-refractivity contribution in [3.05, 3.63) is 58.2 Å². The molecule has 0 saturated carbocycles. The highest BCUT2D eigenvalue weighted by atomic mass is 14.9. The van der Waals surface area contributed by atoms with Crippen molar-refractivity contribution in [1.82, 2.24) is 9.97 Å². The predicted molar refractivity (Wildman–Crippen MR) is 83.0 cm³/mol. The second-order valence-corrected chi connectivity index (χ2v) is 5.53. The van der Waals surface area contributed by atoms with E-state index in [9.17, 15) is 0 Å². The molecule has 1 aromatic heterocycles. The van der Waals surface area contributed by atoms with Crippen LogP contribution in [0.5, 0.6) is 0 Å². The second kappa shape index (κ2) is 6.14. The summed E-state index contributed by atoms with van der Waals surface area (Å²) < 4.78 is 0. The molecule has 0 radical (unpaired) electrons. The van der Waals surface area contributed by atoms with Gasteiger partial charge in [-0.05, 0) is 44.4 Å². The van der Waals surface area contributed by atoms with E-state index in [1.807, 2.05) is 0 Å². The quantitative estimate of drug-likeness (QED) is 0.928. The third-order valence-corrected chi connectivity index (χ3v) is 3.66. The lowest BCUT2D eigenvalue weighted by Gasteiger charge is -2.15. The smallest absolute Gasteiger partial charge is 0.133 e. The monoisotopic (exact) mass is 269 g/mol. The molecular formula is C17H23N3. The van der Waals surface area contributed by atoms with Gasteiger partial charge in [0.2, 0.25) is 0 Å². The average Bonchev–Trinajstić information content (AvgIpc) is 2.37. The van der Waals surface area contributed by atoms with Crippen LogP contribution in [0.4, 0.5) is 0 Å². The number of aromatic nitrogens is 2. The van der Waals surface area contributed by atoms with Gasteiger partial charge in [-0.2, -0.15) is 0 Å². The SMILES string of the molecule is Cc1cccc(Cc2nc(C)c(C(C)CN)c(C)n2)c1. The molecule has 3 heteroatoms. The summed E-state index contributed by atoms with van der Waals surface area (Å²) in [7, 11) is 0. The molecule has 3 nitrogen and oxygen atoms in total. The lowest BCUT2D eigenvalue weighted by molar-refractivity contribution is 0.733. The highest BCUT2D eigenvalue weighted by Crippen LogP contribution is 2.21. The number of hydrogen-bond donors (Lipinski definition) is 1. The summed E-state index contributed by atoms with van der Waals surface area (Å²) in [6.45, 7) is 8.96. The van der Waals surface area contributed by atoms with Crippen LogP contribution in [0.15, 0.2) is 24.3 Å². The van der Waals surface area contributed by atoms with Crippen molar-refractivity contribution >= 4 is 0 Å². The van der Waals surface area contributed by atoms with Crippen LogP contribution >= 0.6 is 0 Å². The molecule has 1 atom stereocenters. The van der Waals surface area contributed by atoms with Gasteiger partial charge in [0.1, 0.15) is 5.82 Å². The van der Waals surface area contributed by atoms with Crippen LogP contribution in [0, 0.1) is 20.8 Å². The van der Waals surface area contributed by atoms with E-state index in [-0.39, 0.29) is 0 Å². The number of nitrogens with two attached hydrogens (primary N) is 1. The molecule has 0 aliphatic heterocycles. The van der Waals surface area contributed by atoms with Gasteiger partial charge in [0.25, 0.3) is 0 Å². The Kier molecular flexibility index (Phi) is 4.50. The molecule has 2 N–H and O–H groups in total. The molecule has 0 aliphatic carbocycles. The van der Waals surface area contributed by atoms with E-state index in [4.69, 9.17) is 5.73 Å². The Morgan fingerprint density at radius 2 is 1.75 bits per heavy atom. The number of nitrogens with zero attached hydrogens (tertiary/aromatic N) is 2. The second-order valence-electron chi connectivity index (χ2n) is 5.53. The van der Waals surface area contributed by atoms with Crippen LogP contribution in [0.1, 0.15) is 46.7 Å². The fourth-order valence-corrected chi connectivity index (χ4v) is 2.71. The Morgan fingerprint density at radius 1 is 1.10 bits per heavy atom. The number of hydrogen-bond acceptors (Lipinski definition) is 3. The Balaban J connectivity index is 2.31. The van der Waals surface area contributed by atoms with Gasteiger partial charge < -0.3 is 5.73 Å². The zero-order chi connectivity index (χ0) is 14.7. The van der Waals surface area contributed by atoms with Gasteiger partial charge in [-0.15, -0.1) is 0 Å². The molecule has 0 saturated heterocycles. The minimum absolute atomic E-state index is 0.308. The maximum absolute atomic E-state index is 5.76. The van der Waals surface area contributed by atoms with Crippen molar-refractivity contribution in [1.29, 1.82) is 0 Å². The van der Waals surface area contributed by atoms with Gasteiger partial charge in [-0.1, -0.05) is 36.8 Å². The standard InChI is InChI=1S/C17H23N3/c1-11-6-5-7-15(8-11)9-16-19-13(3)17(12(2)10-18)14(4)20-16/h5-8,12H,9-10,18H2,1-4H3. The van der Waals surface area contributed by atoms with E-state index in [2.05, 4.69) is 61.9 Å². The molecule has 2 aromatic rings. The maximum Gasteiger partial charge on any atom is 0.133 e. The van der Waals surface area contributed by atoms with E-state index in [0.29, 0.717) is 12.5 Å². The highest BCUT2D eigenvalue weighted by Gasteiger charge is 2.14. The minimum Gasteiger partial charge on any atom is -0.330 e. The summed E-state index contributed by atoms with van der Waals surface area (Å²) >= 11 is 0. The lowest BCUT2D eigenvalue weighted by Crippen LogP contribution is -2.15. The van der Waals surface area contributed by atoms with E-state index in [0.717, 1.165) is 23.6 Å². The zero-order valence-corrected chi connectivity index (χ0v) is 12.8. The first-order chi connectivity index (χ1) is 9.51. The first-order valence-electron chi connectivity index (χ1n) is 7.11. The van der Waals surface area contributed by atoms with Crippen LogP contribution in [-0.4, -0.2) is 16.5 Å². The van der Waals surface area contributed by atoms with Crippen LogP contribution in [-0.2, 0) is 6.42 Å². The van der Waals surface area contributed by atoms with E-state index < -0.39 is 0 Å². The topological polar surface area (TPSA) is 51.8 Å². The third-order valence-electron chi connectivity index (χ3n) is 3.66. The van der Waals surface area contributed by atoms with Gasteiger partial charge >= 0.3 is 0 Å². The summed E-state index contributed by atoms with van der Waals surface area (Å²) in [5, 5.41) is 0. The molecule has 1 unspecified atom stereocenters. The van der Waals surface area contributed by atoms with Gasteiger partial charge in [-0.3, -0.25) is 0 Å². The number of rotatable bonds is 4. The summed E-state index contributed by atoms with van der Waals surface area (Å²) in [6.07, 6.45) is 0.778. The summed E-state index contributed by atoms with van der Waals surface area (Å²) in [5.74, 6) is 1.20. The van der Waals surface area contributed by atoms with Crippen molar-refractivity contribution in [3.8, 4) is 0 Å². The van der Waals surface area contributed by atoms with Crippen LogP contribution < -0.4 is 5.73 Å². The molecule has 0 fully saturated rings. The average molecular weight is 269 g/mol. The molecule has 0 bridgehead atoms. The van der Waals surface area contributed by atoms with E-state index in [1.165, 1.54) is 16.7 Å². The number of aryl methyl sites for hydroxylation is 3. The minimum atomic E-state index is 0.308. The third kappa shape index (κ3) is 3.23. The fourth-order valence-electron chi connectivity index (χ4n) is 2.71. The van der Waals surface area contributed by atoms with Crippen molar-refractivity contribution in [2.24, 2.45) is 5.73 Å². The van der Waals surface area contributed by atoms with Gasteiger partial charge in [0, 0.05) is 17.8 Å². The largest absolute Gasteiger partial charge is 0.330 e. The zero-order valence-electron chi connectivity index (χ0n) is 12.8. The first-order valence-corrected chi connectivity index (χ1v) is 7.11. The van der Waals surface area contributed by atoms with E-state index in [1.54, 1.807) is 0 Å². The van der Waals surface area contributed by atoms with E-state index >= 15 is 0 Å². The van der Waals surface area contributed by atoms with Crippen molar-refractivity contribution in [3.63, 3.8) is 0 Å². The Morgan fingerprint density at radius 3 is 2.30 bits per heavy atom. The molecular weight excluding hydrogens is 246 g/mol. The predicted octanol–water partition coefficient (Wildman–Crippen LogP) is 3.05. The summed E-state index contributed by atoms with van der Waals surface area (Å²) in [6, 6.07) is 8.49. The van der Waals surface area contributed by atoms with Gasteiger partial charge in [0.15, 0.2) is 0 Å². The summed E-state index contributed by atoms with van der Waals surface area (Å²) in [4.78, 5) is 9.32.